The van der Waals surface area contributed by atoms with Gasteiger partial charge in [0.1, 0.15) is 17.3 Å². The molecule has 0 aliphatic carbocycles. The number of rotatable bonds is 7. The van der Waals surface area contributed by atoms with Crippen LogP contribution in [0.4, 0.5) is 4.39 Å². The van der Waals surface area contributed by atoms with E-state index < -0.39 is 17.7 Å². The van der Waals surface area contributed by atoms with Gasteiger partial charge in [0, 0.05) is 12.1 Å². The highest BCUT2D eigenvalue weighted by Gasteiger charge is 2.46. The van der Waals surface area contributed by atoms with Crippen molar-refractivity contribution in [3.8, 4) is 5.75 Å². The second-order valence-electron chi connectivity index (χ2n) is 8.34. The quantitative estimate of drug-likeness (QED) is 0.286. The Bertz CT molecular complexity index is 1250. The van der Waals surface area contributed by atoms with Crippen molar-refractivity contribution in [2.45, 2.75) is 32.9 Å². The van der Waals surface area contributed by atoms with Crippen molar-refractivity contribution in [3.05, 3.63) is 106 Å². The van der Waals surface area contributed by atoms with Crippen LogP contribution in [0.1, 0.15) is 41.6 Å². The topological polar surface area (TPSA) is 66.8 Å². The molecule has 34 heavy (non-hydrogen) atoms. The van der Waals surface area contributed by atoms with Gasteiger partial charge in [-0.1, -0.05) is 61.0 Å². The van der Waals surface area contributed by atoms with Gasteiger partial charge in [-0.2, -0.15) is 0 Å². The molecule has 3 aromatic carbocycles. The van der Waals surface area contributed by atoms with Crippen LogP contribution in [0.15, 0.2) is 78.4 Å². The Morgan fingerprint density at radius 3 is 2.47 bits per heavy atom. The van der Waals surface area contributed by atoms with Crippen LogP contribution in [0, 0.1) is 12.7 Å². The van der Waals surface area contributed by atoms with Crippen LogP contribution >= 0.6 is 0 Å². The number of amides is 1. The molecule has 0 bridgehead atoms. The van der Waals surface area contributed by atoms with Gasteiger partial charge in [-0.15, -0.1) is 0 Å². The average molecular weight is 460 g/mol. The summed E-state index contributed by atoms with van der Waals surface area (Å²) in [6.45, 7) is 4.54. The minimum atomic E-state index is -0.787. The van der Waals surface area contributed by atoms with Crippen LogP contribution in [0.25, 0.3) is 5.76 Å². The first-order valence-corrected chi connectivity index (χ1v) is 11.2. The standard InChI is InChI=1S/C28H26FNO4/c1-3-14-34-23-9-5-8-21(16-23)26(31)24-25(20-7-4-6-18(2)15-20)30(28(33)27(24)32)17-19-10-12-22(29)13-11-19/h4-13,15-16,25,31H,3,14,17H2,1-2H3/b26-24-. The van der Waals surface area contributed by atoms with Gasteiger partial charge in [0.05, 0.1) is 18.2 Å². The number of ether oxygens (including phenoxy) is 1. The highest BCUT2D eigenvalue weighted by molar-refractivity contribution is 6.46. The number of hydrogen-bond acceptors (Lipinski definition) is 4. The van der Waals surface area contributed by atoms with E-state index in [9.17, 15) is 19.1 Å². The van der Waals surface area contributed by atoms with E-state index >= 15 is 0 Å². The molecule has 1 aliphatic heterocycles. The summed E-state index contributed by atoms with van der Waals surface area (Å²) in [7, 11) is 0. The third-order valence-corrected chi connectivity index (χ3v) is 5.74. The number of carbonyl (C=O) groups is 2. The van der Waals surface area contributed by atoms with E-state index in [4.69, 9.17) is 4.74 Å². The number of aliphatic hydroxyl groups excluding tert-OH is 1. The molecule has 1 N–H and O–H groups in total. The maximum Gasteiger partial charge on any atom is 0.295 e. The van der Waals surface area contributed by atoms with Crippen molar-refractivity contribution in [2.75, 3.05) is 6.61 Å². The monoisotopic (exact) mass is 459 g/mol. The van der Waals surface area contributed by atoms with Crippen molar-refractivity contribution in [3.63, 3.8) is 0 Å². The lowest BCUT2D eigenvalue weighted by Gasteiger charge is -2.25. The molecule has 1 unspecified atom stereocenters. The van der Waals surface area contributed by atoms with Crippen LogP contribution in [0.2, 0.25) is 0 Å². The number of likely N-dealkylation sites (tertiary alicyclic amines) is 1. The molecule has 5 nitrogen and oxygen atoms in total. The molecule has 0 aromatic heterocycles. The summed E-state index contributed by atoms with van der Waals surface area (Å²) in [4.78, 5) is 27.8. The molecule has 6 heteroatoms. The van der Waals surface area contributed by atoms with E-state index in [1.54, 1.807) is 36.4 Å². The lowest BCUT2D eigenvalue weighted by atomic mass is 9.94. The molecule has 4 rings (SSSR count). The van der Waals surface area contributed by atoms with E-state index in [1.165, 1.54) is 17.0 Å². The Hall–Kier alpha value is -3.93. The average Bonchev–Trinajstić information content (AvgIpc) is 3.08. The molecule has 3 aromatic rings. The summed E-state index contributed by atoms with van der Waals surface area (Å²) in [6.07, 6.45) is 0.831. The van der Waals surface area contributed by atoms with Crippen molar-refractivity contribution < 1.29 is 23.8 Å². The van der Waals surface area contributed by atoms with Gasteiger partial charge in [-0.3, -0.25) is 9.59 Å². The van der Waals surface area contributed by atoms with Crippen LogP contribution < -0.4 is 4.74 Å². The number of ketones is 1. The van der Waals surface area contributed by atoms with E-state index in [0.717, 1.165) is 12.0 Å². The molecule has 1 heterocycles. The molecular weight excluding hydrogens is 433 g/mol. The molecule has 1 amide bonds. The molecule has 1 fully saturated rings. The third kappa shape index (κ3) is 4.71. The predicted octanol–water partition coefficient (Wildman–Crippen LogP) is 5.54. The fraction of sp³-hybridized carbons (Fsp3) is 0.214. The Kier molecular flexibility index (Phi) is 6.77. The van der Waals surface area contributed by atoms with Crippen molar-refractivity contribution in [2.24, 2.45) is 0 Å². The number of halogens is 1. The molecule has 174 valence electrons. The minimum absolute atomic E-state index is 0.0188. The molecular formula is C28H26FNO4. The van der Waals surface area contributed by atoms with Crippen LogP contribution in [-0.2, 0) is 16.1 Å². The van der Waals surface area contributed by atoms with Crippen molar-refractivity contribution >= 4 is 17.4 Å². The Morgan fingerprint density at radius 1 is 1.03 bits per heavy atom. The molecule has 0 saturated carbocycles. The molecule has 1 atom stereocenters. The summed E-state index contributed by atoms with van der Waals surface area (Å²) in [5, 5.41) is 11.3. The summed E-state index contributed by atoms with van der Waals surface area (Å²) in [5.41, 5.74) is 2.76. The van der Waals surface area contributed by atoms with Crippen LogP contribution in [0.3, 0.4) is 0 Å². The Balaban J connectivity index is 1.82. The minimum Gasteiger partial charge on any atom is -0.507 e. The summed E-state index contributed by atoms with van der Waals surface area (Å²) < 4.78 is 19.1. The van der Waals surface area contributed by atoms with Gasteiger partial charge in [0.15, 0.2) is 0 Å². The van der Waals surface area contributed by atoms with E-state index in [1.807, 2.05) is 38.1 Å². The molecule has 0 spiro atoms. The fourth-order valence-corrected chi connectivity index (χ4v) is 4.12. The summed E-state index contributed by atoms with van der Waals surface area (Å²) in [5.74, 6) is -1.54. The Labute approximate surface area is 198 Å². The number of hydrogen-bond donors (Lipinski definition) is 1. The summed E-state index contributed by atoms with van der Waals surface area (Å²) >= 11 is 0. The van der Waals surface area contributed by atoms with Crippen molar-refractivity contribution in [1.29, 1.82) is 0 Å². The van der Waals surface area contributed by atoms with Crippen LogP contribution in [-0.4, -0.2) is 28.3 Å². The molecule has 1 saturated heterocycles. The van der Waals surface area contributed by atoms with Crippen molar-refractivity contribution in [1.82, 2.24) is 4.90 Å². The molecule has 0 radical (unpaired) electrons. The zero-order chi connectivity index (χ0) is 24.2. The van der Waals surface area contributed by atoms with Gasteiger partial charge in [-0.05, 0) is 48.7 Å². The normalized spacial score (nSPS) is 17.3. The number of aliphatic hydroxyl groups is 1. The van der Waals surface area contributed by atoms with E-state index in [0.29, 0.717) is 29.0 Å². The molecule has 1 aliphatic rings. The lowest BCUT2D eigenvalue weighted by molar-refractivity contribution is -0.140. The smallest absolute Gasteiger partial charge is 0.295 e. The number of benzene rings is 3. The predicted molar refractivity (Wildman–Crippen MR) is 128 cm³/mol. The summed E-state index contributed by atoms with van der Waals surface area (Å²) in [6, 6.07) is 19.3. The number of Topliss-reactive ketones (excluding diaryl/α,β-unsaturated/α-hetero) is 1. The van der Waals surface area contributed by atoms with E-state index in [-0.39, 0.29) is 23.7 Å². The zero-order valence-electron chi connectivity index (χ0n) is 19.1. The third-order valence-electron chi connectivity index (χ3n) is 5.74. The Morgan fingerprint density at radius 2 is 1.76 bits per heavy atom. The number of nitrogens with zero attached hydrogens (tertiary/aromatic N) is 1. The maximum absolute atomic E-state index is 13.4. The largest absolute Gasteiger partial charge is 0.507 e. The second-order valence-corrected chi connectivity index (χ2v) is 8.34. The first-order chi connectivity index (χ1) is 16.4. The van der Waals surface area contributed by atoms with Crippen LogP contribution in [0.5, 0.6) is 5.75 Å². The highest BCUT2D eigenvalue weighted by Crippen LogP contribution is 2.40. The lowest BCUT2D eigenvalue weighted by Crippen LogP contribution is -2.29. The number of aryl methyl sites for hydroxylation is 1. The van der Waals surface area contributed by atoms with Gasteiger partial charge in [-0.25, -0.2) is 4.39 Å². The first-order valence-electron chi connectivity index (χ1n) is 11.2. The van der Waals surface area contributed by atoms with Gasteiger partial charge in [0.25, 0.3) is 11.7 Å². The number of carbonyl (C=O) groups excluding carboxylic acids is 2. The van der Waals surface area contributed by atoms with Gasteiger partial charge in [0.2, 0.25) is 0 Å². The maximum atomic E-state index is 13.4. The first kappa shape index (κ1) is 23.2. The SMILES string of the molecule is CCCOc1cccc(/C(O)=C2/C(=O)C(=O)N(Cc3ccc(F)cc3)C2c2cccc(C)c2)c1. The zero-order valence-corrected chi connectivity index (χ0v) is 19.1. The highest BCUT2D eigenvalue weighted by atomic mass is 19.1. The van der Waals surface area contributed by atoms with Gasteiger partial charge >= 0.3 is 0 Å². The fourth-order valence-electron chi connectivity index (χ4n) is 4.12. The second kappa shape index (κ2) is 9.91. The van der Waals surface area contributed by atoms with Gasteiger partial charge < -0.3 is 14.7 Å². The van der Waals surface area contributed by atoms with E-state index in [2.05, 4.69) is 0 Å².